The van der Waals surface area contributed by atoms with Crippen molar-refractivity contribution >= 4 is 0 Å². The molecule has 21 heavy (non-hydrogen) atoms. The highest BCUT2D eigenvalue weighted by Crippen LogP contribution is 2.17. The molecule has 0 saturated carbocycles. The van der Waals surface area contributed by atoms with Gasteiger partial charge in [0.1, 0.15) is 18.2 Å². The van der Waals surface area contributed by atoms with Crippen molar-refractivity contribution in [3.05, 3.63) is 48.0 Å². The standard InChI is InChI=1S/C17H25N3O/c1-14(2)12-18-13-16-6-4-5-7-17(16)21-11-10-20-9-8-19-15(20)3/h4-9,14,18H,10-13H2,1-3H3. The fourth-order valence-electron chi connectivity index (χ4n) is 2.18. The lowest BCUT2D eigenvalue weighted by Gasteiger charge is -2.13. The van der Waals surface area contributed by atoms with Crippen molar-refractivity contribution in [3.8, 4) is 5.75 Å². The number of rotatable bonds is 8. The lowest BCUT2D eigenvalue weighted by molar-refractivity contribution is 0.293. The van der Waals surface area contributed by atoms with Crippen molar-refractivity contribution in [1.82, 2.24) is 14.9 Å². The second-order valence-corrected chi connectivity index (χ2v) is 5.65. The van der Waals surface area contributed by atoms with Gasteiger partial charge in [-0.2, -0.15) is 0 Å². The molecule has 0 aliphatic carbocycles. The number of aromatic nitrogens is 2. The Labute approximate surface area is 127 Å². The van der Waals surface area contributed by atoms with Gasteiger partial charge in [-0.3, -0.25) is 0 Å². The molecule has 0 bridgehead atoms. The molecule has 2 aromatic rings. The van der Waals surface area contributed by atoms with E-state index < -0.39 is 0 Å². The first-order chi connectivity index (χ1) is 10.2. The molecule has 0 aliphatic heterocycles. The van der Waals surface area contributed by atoms with Crippen molar-refractivity contribution in [1.29, 1.82) is 0 Å². The number of hydrogen-bond donors (Lipinski definition) is 1. The van der Waals surface area contributed by atoms with Crippen LogP contribution < -0.4 is 10.1 Å². The zero-order chi connectivity index (χ0) is 15.1. The highest BCUT2D eigenvalue weighted by atomic mass is 16.5. The van der Waals surface area contributed by atoms with Gasteiger partial charge in [0.05, 0.1) is 6.54 Å². The van der Waals surface area contributed by atoms with Gasteiger partial charge in [0.15, 0.2) is 0 Å². The van der Waals surface area contributed by atoms with E-state index in [0.717, 1.165) is 31.2 Å². The number of ether oxygens (including phenoxy) is 1. The highest BCUT2D eigenvalue weighted by molar-refractivity contribution is 5.33. The summed E-state index contributed by atoms with van der Waals surface area (Å²) in [5, 5.41) is 3.46. The van der Waals surface area contributed by atoms with Gasteiger partial charge in [0.2, 0.25) is 0 Å². The van der Waals surface area contributed by atoms with E-state index in [1.54, 1.807) is 0 Å². The Bertz CT molecular complexity index is 548. The largest absolute Gasteiger partial charge is 0.491 e. The summed E-state index contributed by atoms with van der Waals surface area (Å²) in [6.07, 6.45) is 3.80. The van der Waals surface area contributed by atoms with Gasteiger partial charge in [-0.05, 0) is 25.5 Å². The van der Waals surface area contributed by atoms with E-state index >= 15 is 0 Å². The fourth-order valence-corrected chi connectivity index (χ4v) is 2.18. The second kappa shape index (κ2) is 7.84. The Hall–Kier alpha value is -1.81. The maximum atomic E-state index is 5.93. The number of nitrogens with zero attached hydrogens (tertiary/aromatic N) is 2. The first kappa shape index (κ1) is 15.6. The molecule has 1 aromatic heterocycles. The molecule has 0 aliphatic rings. The van der Waals surface area contributed by atoms with Crippen molar-refractivity contribution in [2.75, 3.05) is 13.2 Å². The first-order valence-electron chi connectivity index (χ1n) is 7.56. The SMILES string of the molecule is Cc1nccn1CCOc1ccccc1CNCC(C)C. The van der Waals surface area contributed by atoms with Crippen LogP contribution in [0.2, 0.25) is 0 Å². The van der Waals surface area contributed by atoms with Gasteiger partial charge in [-0.1, -0.05) is 32.0 Å². The van der Waals surface area contributed by atoms with E-state index in [2.05, 4.69) is 40.8 Å². The van der Waals surface area contributed by atoms with Crippen LogP contribution in [-0.4, -0.2) is 22.7 Å². The third kappa shape index (κ3) is 4.90. The van der Waals surface area contributed by atoms with Gasteiger partial charge in [-0.15, -0.1) is 0 Å². The monoisotopic (exact) mass is 287 g/mol. The van der Waals surface area contributed by atoms with Crippen LogP contribution in [0, 0.1) is 12.8 Å². The van der Waals surface area contributed by atoms with Crippen LogP contribution in [0.4, 0.5) is 0 Å². The van der Waals surface area contributed by atoms with Crippen LogP contribution in [0.1, 0.15) is 25.2 Å². The van der Waals surface area contributed by atoms with Crippen molar-refractivity contribution in [3.63, 3.8) is 0 Å². The minimum absolute atomic E-state index is 0.651. The van der Waals surface area contributed by atoms with Crippen molar-refractivity contribution < 1.29 is 4.74 Å². The topological polar surface area (TPSA) is 39.1 Å². The third-order valence-corrected chi connectivity index (χ3v) is 3.35. The fraction of sp³-hybridized carbons (Fsp3) is 0.471. The van der Waals surface area contributed by atoms with Crippen molar-refractivity contribution in [2.24, 2.45) is 5.92 Å². The van der Waals surface area contributed by atoms with Crippen LogP contribution in [0.5, 0.6) is 5.75 Å². The minimum atomic E-state index is 0.651. The van der Waals surface area contributed by atoms with E-state index in [0.29, 0.717) is 12.5 Å². The summed E-state index contributed by atoms with van der Waals surface area (Å²) in [7, 11) is 0. The number of benzene rings is 1. The van der Waals surface area contributed by atoms with Crippen LogP contribution >= 0.6 is 0 Å². The molecule has 0 fully saturated rings. The molecule has 114 valence electrons. The molecule has 4 heteroatoms. The number of imidazole rings is 1. The molecule has 0 atom stereocenters. The first-order valence-corrected chi connectivity index (χ1v) is 7.56. The third-order valence-electron chi connectivity index (χ3n) is 3.35. The molecule has 1 heterocycles. The van der Waals surface area contributed by atoms with Gasteiger partial charge in [0, 0.05) is 24.5 Å². The molecule has 1 aromatic carbocycles. The van der Waals surface area contributed by atoms with E-state index in [1.165, 1.54) is 5.56 Å². The molecule has 0 unspecified atom stereocenters. The maximum absolute atomic E-state index is 5.93. The average molecular weight is 287 g/mol. The average Bonchev–Trinajstić information content (AvgIpc) is 2.86. The lowest BCUT2D eigenvalue weighted by atomic mass is 10.2. The summed E-state index contributed by atoms with van der Waals surface area (Å²) in [5.41, 5.74) is 1.21. The molecular formula is C17H25N3O. The Morgan fingerprint density at radius 1 is 1.29 bits per heavy atom. The summed E-state index contributed by atoms with van der Waals surface area (Å²) in [5.74, 6) is 2.64. The molecule has 4 nitrogen and oxygen atoms in total. The number of hydrogen-bond acceptors (Lipinski definition) is 3. The quantitative estimate of drug-likeness (QED) is 0.811. The second-order valence-electron chi connectivity index (χ2n) is 5.65. The summed E-state index contributed by atoms with van der Waals surface area (Å²) in [4.78, 5) is 4.21. The molecule has 2 rings (SSSR count). The van der Waals surface area contributed by atoms with E-state index in [9.17, 15) is 0 Å². The zero-order valence-corrected chi connectivity index (χ0v) is 13.2. The molecule has 1 N–H and O–H groups in total. The minimum Gasteiger partial charge on any atom is -0.491 e. The summed E-state index contributed by atoms with van der Waals surface area (Å²) >= 11 is 0. The van der Waals surface area contributed by atoms with Crippen LogP contribution in [0.15, 0.2) is 36.7 Å². The number of aryl methyl sites for hydroxylation is 1. The lowest BCUT2D eigenvalue weighted by Crippen LogP contribution is -2.19. The molecular weight excluding hydrogens is 262 g/mol. The predicted octanol–water partition coefficient (Wildman–Crippen LogP) is 3.02. The van der Waals surface area contributed by atoms with E-state index in [1.807, 2.05) is 31.5 Å². The predicted molar refractivity (Wildman–Crippen MR) is 85.4 cm³/mol. The molecule has 0 radical (unpaired) electrons. The van der Waals surface area contributed by atoms with Crippen LogP contribution in [-0.2, 0) is 13.1 Å². The smallest absolute Gasteiger partial charge is 0.123 e. The summed E-state index contributed by atoms with van der Waals surface area (Å²) in [6.45, 7) is 9.76. The summed E-state index contributed by atoms with van der Waals surface area (Å²) in [6, 6.07) is 8.22. The van der Waals surface area contributed by atoms with E-state index in [-0.39, 0.29) is 0 Å². The van der Waals surface area contributed by atoms with Gasteiger partial charge in [0.25, 0.3) is 0 Å². The number of nitrogens with one attached hydrogen (secondary N) is 1. The summed E-state index contributed by atoms with van der Waals surface area (Å²) < 4.78 is 8.03. The Morgan fingerprint density at radius 2 is 2.10 bits per heavy atom. The molecule has 0 spiro atoms. The van der Waals surface area contributed by atoms with Gasteiger partial charge >= 0.3 is 0 Å². The van der Waals surface area contributed by atoms with Gasteiger partial charge < -0.3 is 14.6 Å². The van der Waals surface area contributed by atoms with E-state index in [4.69, 9.17) is 4.74 Å². The normalized spacial score (nSPS) is 11.0. The Kier molecular flexibility index (Phi) is 5.81. The van der Waals surface area contributed by atoms with Crippen LogP contribution in [0.3, 0.4) is 0 Å². The van der Waals surface area contributed by atoms with Crippen molar-refractivity contribution in [2.45, 2.75) is 33.9 Å². The van der Waals surface area contributed by atoms with Gasteiger partial charge in [-0.25, -0.2) is 4.98 Å². The zero-order valence-electron chi connectivity index (χ0n) is 13.2. The Morgan fingerprint density at radius 3 is 2.81 bits per heavy atom. The molecule has 0 amide bonds. The van der Waals surface area contributed by atoms with Crippen LogP contribution in [0.25, 0.3) is 0 Å². The Balaban J connectivity index is 1.86. The molecule has 0 saturated heterocycles. The highest BCUT2D eigenvalue weighted by Gasteiger charge is 2.04. The number of para-hydroxylation sites is 1. The maximum Gasteiger partial charge on any atom is 0.123 e.